The Kier molecular flexibility index (Phi) is 6.74. The largest absolute Gasteiger partial charge is 0.483 e. The second kappa shape index (κ2) is 9.82. The molecule has 210 valence electrons. The highest BCUT2D eigenvalue weighted by Crippen LogP contribution is 2.49. The Morgan fingerprint density at radius 1 is 1.02 bits per heavy atom. The smallest absolute Gasteiger partial charge is 0.303 e. The van der Waals surface area contributed by atoms with Gasteiger partial charge in [-0.25, -0.2) is 5.01 Å². The van der Waals surface area contributed by atoms with Crippen molar-refractivity contribution >= 4 is 50.2 Å². The number of hydrogen-bond donors (Lipinski definition) is 0. The highest BCUT2D eigenvalue weighted by molar-refractivity contribution is 6.06. The van der Waals surface area contributed by atoms with E-state index >= 15 is 0 Å². The van der Waals surface area contributed by atoms with E-state index in [1.54, 1.807) is 13.8 Å². The fourth-order valence-corrected chi connectivity index (χ4v) is 5.93. The molecule has 0 spiro atoms. The Labute approximate surface area is 232 Å². The van der Waals surface area contributed by atoms with Crippen LogP contribution in [0.2, 0.25) is 0 Å². The number of carbonyl (C=O) groups is 2. The van der Waals surface area contributed by atoms with Gasteiger partial charge in [-0.3, -0.25) is 14.4 Å². The first-order chi connectivity index (χ1) is 18.9. The molecule has 0 aliphatic carbocycles. The van der Waals surface area contributed by atoms with Crippen molar-refractivity contribution in [2.75, 3.05) is 25.6 Å². The first kappa shape index (κ1) is 27.5. The Bertz CT molecular complexity index is 1740. The average molecular weight is 546 g/mol. The van der Waals surface area contributed by atoms with Gasteiger partial charge in [-0.05, 0) is 43.7 Å². The van der Waals surface area contributed by atoms with Crippen LogP contribution in [0.5, 0.6) is 5.75 Å². The zero-order valence-corrected chi connectivity index (χ0v) is 24.2. The van der Waals surface area contributed by atoms with Gasteiger partial charge in [-0.15, -0.1) is 0 Å². The van der Waals surface area contributed by atoms with Crippen molar-refractivity contribution in [3.63, 3.8) is 0 Å². The van der Waals surface area contributed by atoms with Gasteiger partial charge in [-0.1, -0.05) is 24.3 Å². The van der Waals surface area contributed by atoms with Gasteiger partial charge in [0.05, 0.1) is 27.7 Å². The zero-order valence-electron chi connectivity index (χ0n) is 24.2. The lowest BCUT2D eigenvalue weighted by molar-refractivity contribution is -0.187. The number of carbonyl (C=O) groups excluding carboxylic acids is 2. The van der Waals surface area contributed by atoms with Crippen molar-refractivity contribution in [2.45, 2.75) is 52.4 Å². The van der Waals surface area contributed by atoms with Crippen molar-refractivity contribution in [2.24, 2.45) is 7.05 Å². The molecule has 5 rings (SSSR count). The molecule has 40 heavy (non-hydrogen) atoms. The number of hydrogen-bond acceptors (Lipinski definition) is 8. The second-order valence-electron chi connectivity index (χ2n) is 11.0. The molecule has 1 aliphatic heterocycles. The summed E-state index contributed by atoms with van der Waals surface area (Å²) in [5, 5.41) is 6.90. The predicted molar refractivity (Wildman–Crippen MR) is 156 cm³/mol. The summed E-state index contributed by atoms with van der Waals surface area (Å²) in [6.07, 6.45) is -1.95. The van der Waals surface area contributed by atoms with E-state index in [2.05, 4.69) is 0 Å². The molecule has 3 aromatic carbocycles. The summed E-state index contributed by atoms with van der Waals surface area (Å²) in [5.74, 6) is -0.611. The van der Waals surface area contributed by atoms with Gasteiger partial charge in [-0.2, -0.15) is 0 Å². The van der Waals surface area contributed by atoms with Gasteiger partial charge in [0.1, 0.15) is 11.4 Å². The number of hydrazine groups is 1. The Hall–Kier alpha value is -4.11. The number of nitrogens with zero attached hydrogens (tertiary/aromatic N) is 3. The van der Waals surface area contributed by atoms with Crippen molar-refractivity contribution < 1.29 is 23.8 Å². The normalized spacial score (nSPS) is 18.0. The fraction of sp³-hybridized carbons (Fsp3) is 0.387. The summed E-state index contributed by atoms with van der Waals surface area (Å²) in [6, 6.07) is 13.6. The van der Waals surface area contributed by atoms with E-state index in [9.17, 15) is 14.4 Å². The van der Waals surface area contributed by atoms with E-state index in [0.717, 1.165) is 16.3 Å². The van der Waals surface area contributed by atoms with Crippen molar-refractivity contribution in [1.29, 1.82) is 0 Å². The molecule has 0 saturated heterocycles. The van der Waals surface area contributed by atoms with Crippen LogP contribution in [-0.4, -0.2) is 53.9 Å². The van der Waals surface area contributed by atoms with Gasteiger partial charge in [0.2, 0.25) is 0 Å². The third kappa shape index (κ3) is 4.34. The van der Waals surface area contributed by atoms with Crippen LogP contribution in [0.3, 0.4) is 0 Å². The molecule has 0 radical (unpaired) electrons. The van der Waals surface area contributed by atoms with E-state index in [0.29, 0.717) is 39.8 Å². The lowest BCUT2D eigenvalue weighted by Gasteiger charge is -2.44. The maximum absolute atomic E-state index is 14.5. The predicted octanol–water partition coefficient (Wildman–Crippen LogP) is 4.85. The molecule has 0 bridgehead atoms. The van der Waals surface area contributed by atoms with Crippen LogP contribution in [0, 0.1) is 0 Å². The SMILES string of the molecule is CCN(c1cc2c(c3c1c(=O)c1cc4ccccc4cc1n3C)C(OC(C)=O)C(OC(C)=O)C(C)(C)O2)N(C)C. The third-order valence-electron chi connectivity index (χ3n) is 7.58. The summed E-state index contributed by atoms with van der Waals surface area (Å²) in [4.78, 5) is 39.1. The lowest BCUT2D eigenvalue weighted by Crippen LogP contribution is -2.52. The molecule has 0 fully saturated rings. The lowest BCUT2D eigenvalue weighted by atomic mass is 9.86. The average Bonchev–Trinajstić information content (AvgIpc) is 2.87. The number of ether oxygens (including phenoxy) is 3. The van der Waals surface area contributed by atoms with E-state index in [4.69, 9.17) is 14.2 Å². The molecule has 9 nitrogen and oxygen atoms in total. The molecule has 1 aliphatic rings. The fourth-order valence-electron chi connectivity index (χ4n) is 5.93. The number of benzene rings is 3. The van der Waals surface area contributed by atoms with Gasteiger partial charge in [0, 0.05) is 53.0 Å². The summed E-state index contributed by atoms with van der Waals surface area (Å²) in [7, 11) is 5.72. The van der Waals surface area contributed by atoms with Gasteiger partial charge >= 0.3 is 11.9 Å². The van der Waals surface area contributed by atoms with Crippen LogP contribution in [0.15, 0.2) is 47.3 Å². The van der Waals surface area contributed by atoms with Crippen LogP contribution < -0.4 is 15.2 Å². The number of fused-ring (bicyclic) bond motifs is 5. The second-order valence-corrected chi connectivity index (χ2v) is 11.0. The Balaban J connectivity index is 2.01. The molecule has 0 amide bonds. The summed E-state index contributed by atoms with van der Waals surface area (Å²) in [5.41, 5.74) is 1.25. The third-order valence-corrected chi connectivity index (χ3v) is 7.58. The molecular weight excluding hydrogens is 510 g/mol. The van der Waals surface area contributed by atoms with Crippen LogP contribution in [0.25, 0.3) is 32.6 Å². The van der Waals surface area contributed by atoms with Gasteiger partial charge in [0.15, 0.2) is 17.6 Å². The number of esters is 2. The maximum atomic E-state index is 14.5. The molecular formula is C31H35N3O6. The zero-order chi connectivity index (χ0) is 29.1. The van der Waals surface area contributed by atoms with Crippen LogP contribution in [-0.2, 0) is 26.1 Å². The quantitative estimate of drug-likeness (QED) is 0.200. The first-order valence-electron chi connectivity index (χ1n) is 13.4. The highest BCUT2D eigenvalue weighted by Gasteiger charge is 2.50. The minimum atomic E-state index is -1.04. The standard InChI is InChI=1S/C31H35N3O6/c1-9-34(32(6)7)23-16-24-26(29(38-17(2)35)30(39-18(3)36)31(4,5)40-24)27-25(23)28(37)21-14-19-12-10-11-13-20(19)15-22(21)33(27)8/h10-16,29-30H,9H2,1-8H3. The number of rotatable bonds is 5. The van der Waals surface area contributed by atoms with E-state index in [1.807, 2.05) is 85.1 Å². The molecule has 0 N–H and O–H groups in total. The Morgan fingerprint density at radius 3 is 2.23 bits per heavy atom. The molecule has 1 aromatic heterocycles. The Morgan fingerprint density at radius 2 is 1.65 bits per heavy atom. The van der Waals surface area contributed by atoms with Crippen molar-refractivity contribution in [3.8, 4) is 5.75 Å². The van der Waals surface area contributed by atoms with Crippen LogP contribution in [0.1, 0.15) is 46.3 Å². The van der Waals surface area contributed by atoms with E-state index in [-0.39, 0.29) is 5.43 Å². The summed E-state index contributed by atoms with van der Waals surface area (Å²) in [6.45, 7) is 8.80. The van der Waals surface area contributed by atoms with E-state index < -0.39 is 29.7 Å². The summed E-state index contributed by atoms with van der Waals surface area (Å²) >= 11 is 0. The molecule has 2 unspecified atom stereocenters. The van der Waals surface area contributed by atoms with Crippen LogP contribution >= 0.6 is 0 Å². The molecule has 4 aromatic rings. The minimum Gasteiger partial charge on any atom is -0.483 e. The monoisotopic (exact) mass is 545 g/mol. The van der Waals surface area contributed by atoms with Crippen molar-refractivity contribution in [1.82, 2.24) is 9.58 Å². The molecule has 9 heteroatoms. The topological polar surface area (TPSA) is 90.3 Å². The van der Waals surface area contributed by atoms with E-state index in [1.165, 1.54) is 13.8 Å². The first-order valence-corrected chi connectivity index (χ1v) is 13.4. The summed E-state index contributed by atoms with van der Waals surface area (Å²) < 4.78 is 20.1. The van der Waals surface area contributed by atoms with Gasteiger partial charge < -0.3 is 23.8 Å². The van der Waals surface area contributed by atoms with Crippen LogP contribution in [0.4, 0.5) is 5.69 Å². The van der Waals surface area contributed by atoms with Crippen molar-refractivity contribution in [3.05, 3.63) is 58.3 Å². The minimum absolute atomic E-state index is 0.151. The van der Waals surface area contributed by atoms with Gasteiger partial charge in [0.25, 0.3) is 0 Å². The number of aryl methyl sites for hydroxylation is 1. The number of aromatic nitrogens is 1. The molecule has 2 heterocycles. The molecule has 0 saturated carbocycles. The molecule has 2 atom stereocenters. The maximum Gasteiger partial charge on any atom is 0.303 e. The number of anilines is 1. The number of pyridine rings is 1. The highest BCUT2D eigenvalue weighted by atomic mass is 16.6.